The predicted molar refractivity (Wildman–Crippen MR) is 82.3 cm³/mol. The Morgan fingerprint density at radius 1 is 1.14 bits per heavy atom. The van der Waals surface area contributed by atoms with Crippen molar-refractivity contribution in [2.75, 3.05) is 6.54 Å². The minimum atomic E-state index is -0.293. The average molecular weight is 282 g/mol. The Balaban J connectivity index is 1.99. The minimum absolute atomic E-state index is 0.171. The molecule has 0 fully saturated rings. The van der Waals surface area contributed by atoms with Crippen LogP contribution in [0.2, 0.25) is 0 Å². The zero-order valence-corrected chi connectivity index (χ0v) is 12.4. The third kappa shape index (κ3) is 3.90. The van der Waals surface area contributed by atoms with Crippen LogP contribution in [-0.2, 0) is 12.0 Å². The van der Waals surface area contributed by atoms with E-state index in [9.17, 15) is 4.39 Å². The Hall–Kier alpha value is -2.18. The van der Waals surface area contributed by atoms with E-state index in [0.717, 1.165) is 5.56 Å². The number of rotatable bonds is 5. The zero-order valence-electron chi connectivity index (χ0n) is 12.4. The first-order valence-corrected chi connectivity index (χ1v) is 6.98. The van der Waals surface area contributed by atoms with E-state index < -0.39 is 0 Å². The molecule has 2 rings (SSSR count). The van der Waals surface area contributed by atoms with Gasteiger partial charge in [-0.05, 0) is 29.3 Å². The molecule has 0 saturated heterocycles. The van der Waals surface area contributed by atoms with E-state index in [4.69, 9.17) is 5.26 Å². The molecule has 2 aromatic carbocycles. The van der Waals surface area contributed by atoms with Gasteiger partial charge in [-0.15, -0.1) is 0 Å². The van der Waals surface area contributed by atoms with Gasteiger partial charge in [0.05, 0.1) is 11.6 Å². The molecule has 0 atom stereocenters. The molecule has 0 radical (unpaired) electrons. The highest BCUT2D eigenvalue weighted by atomic mass is 19.1. The second-order valence-electron chi connectivity index (χ2n) is 5.78. The molecular weight excluding hydrogens is 263 g/mol. The molecule has 0 bridgehead atoms. The van der Waals surface area contributed by atoms with Crippen LogP contribution >= 0.6 is 0 Å². The van der Waals surface area contributed by atoms with Crippen molar-refractivity contribution < 1.29 is 4.39 Å². The lowest BCUT2D eigenvalue weighted by Crippen LogP contribution is -2.33. The summed E-state index contributed by atoms with van der Waals surface area (Å²) in [5.41, 5.74) is 2.13. The lowest BCUT2D eigenvalue weighted by molar-refractivity contribution is 0.444. The van der Waals surface area contributed by atoms with Crippen LogP contribution in [0, 0.1) is 17.1 Å². The molecule has 2 aromatic rings. The maximum atomic E-state index is 13.9. The molecule has 0 aromatic heterocycles. The molecule has 0 aliphatic heterocycles. The molecule has 108 valence electrons. The van der Waals surface area contributed by atoms with Crippen molar-refractivity contribution in [1.82, 2.24) is 5.32 Å². The number of nitrogens with zero attached hydrogens (tertiary/aromatic N) is 1. The number of nitriles is 1. The first kappa shape index (κ1) is 15.2. The summed E-state index contributed by atoms with van der Waals surface area (Å²) in [5, 5.41) is 12.2. The second-order valence-corrected chi connectivity index (χ2v) is 5.78. The van der Waals surface area contributed by atoms with Crippen molar-refractivity contribution in [2.45, 2.75) is 25.8 Å². The highest BCUT2D eigenvalue weighted by Gasteiger charge is 2.23. The number of hydrogen-bond acceptors (Lipinski definition) is 2. The fourth-order valence-corrected chi connectivity index (χ4v) is 2.38. The maximum absolute atomic E-state index is 13.9. The lowest BCUT2D eigenvalue weighted by atomic mass is 9.84. The summed E-state index contributed by atoms with van der Waals surface area (Å²) in [4.78, 5) is 0. The summed E-state index contributed by atoms with van der Waals surface area (Å²) in [6.07, 6.45) is 0. The highest BCUT2D eigenvalue weighted by molar-refractivity contribution is 5.32. The summed E-state index contributed by atoms with van der Waals surface area (Å²) in [5.74, 6) is -0.171. The van der Waals surface area contributed by atoms with Crippen molar-refractivity contribution in [3.05, 3.63) is 71.0 Å². The fraction of sp³-hybridized carbons (Fsp3) is 0.278. The summed E-state index contributed by atoms with van der Waals surface area (Å²) in [6, 6.07) is 16.5. The van der Waals surface area contributed by atoms with Crippen LogP contribution in [0.5, 0.6) is 0 Å². The minimum Gasteiger partial charge on any atom is -0.312 e. The van der Waals surface area contributed by atoms with Crippen molar-refractivity contribution >= 4 is 0 Å². The van der Waals surface area contributed by atoms with Gasteiger partial charge in [-0.25, -0.2) is 4.39 Å². The van der Waals surface area contributed by atoms with Crippen molar-refractivity contribution in [3.63, 3.8) is 0 Å². The van der Waals surface area contributed by atoms with Gasteiger partial charge >= 0.3 is 0 Å². The lowest BCUT2D eigenvalue weighted by Gasteiger charge is -2.26. The molecule has 21 heavy (non-hydrogen) atoms. The van der Waals surface area contributed by atoms with E-state index in [2.05, 4.69) is 11.4 Å². The molecule has 3 heteroatoms. The van der Waals surface area contributed by atoms with E-state index in [0.29, 0.717) is 24.2 Å². The Bertz CT molecular complexity index is 656. The van der Waals surface area contributed by atoms with Gasteiger partial charge in [0, 0.05) is 18.5 Å². The topological polar surface area (TPSA) is 35.8 Å². The van der Waals surface area contributed by atoms with Gasteiger partial charge in [0.25, 0.3) is 0 Å². The molecule has 0 aliphatic carbocycles. The number of nitrogens with one attached hydrogen (secondary N) is 1. The third-order valence-corrected chi connectivity index (χ3v) is 3.56. The van der Waals surface area contributed by atoms with Gasteiger partial charge in [-0.2, -0.15) is 5.26 Å². The SMILES string of the molecule is CC(C)(CNCc1cccc(C#N)c1)c1ccccc1F. The van der Waals surface area contributed by atoms with Gasteiger partial charge in [0.15, 0.2) is 0 Å². The molecule has 0 amide bonds. The second kappa shape index (κ2) is 6.51. The first-order valence-electron chi connectivity index (χ1n) is 6.98. The summed E-state index contributed by atoms with van der Waals surface area (Å²) < 4.78 is 13.9. The molecule has 0 heterocycles. The van der Waals surface area contributed by atoms with Gasteiger partial charge in [-0.3, -0.25) is 0 Å². The van der Waals surface area contributed by atoms with Crippen LogP contribution in [0.4, 0.5) is 4.39 Å². The molecule has 0 aliphatic rings. The third-order valence-electron chi connectivity index (χ3n) is 3.56. The molecule has 0 spiro atoms. The molecular formula is C18H19FN2. The van der Waals surface area contributed by atoms with Crippen LogP contribution in [-0.4, -0.2) is 6.54 Å². The molecule has 1 N–H and O–H groups in total. The van der Waals surface area contributed by atoms with Crippen LogP contribution in [0.25, 0.3) is 0 Å². The van der Waals surface area contributed by atoms with Gasteiger partial charge < -0.3 is 5.32 Å². The summed E-state index contributed by atoms with van der Waals surface area (Å²) in [7, 11) is 0. The number of benzene rings is 2. The maximum Gasteiger partial charge on any atom is 0.126 e. The first-order chi connectivity index (χ1) is 10.0. The van der Waals surface area contributed by atoms with Crippen molar-refractivity contribution in [2.24, 2.45) is 0 Å². The molecule has 0 unspecified atom stereocenters. The van der Waals surface area contributed by atoms with Crippen LogP contribution in [0.15, 0.2) is 48.5 Å². The quantitative estimate of drug-likeness (QED) is 0.906. The monoisotopic (exact) mass is 282 g/mol. The fourth-order valence-electron chi connectivity index (χ4n) is 2.38. The molecule has 0 saturated carbocycles. The van der Waals surface area contributed by atoms with E-state index in [1.165, 1.54) is 6.07 Å². The van der Waals surface area contributed by atoms with E-state index in [1.807, 2.05) is 44.2 Å². The molecule has 2 nitrogen and oxygen atoms in total. The smallest absolute Gasteiger partial charge is 0.126 e. The number of halogens is 1. The van der Waals surface area contributed by atoms with Crippen LogP contribution < -0.4 is 5.32 Å². The van der Waals surface area contributed by atoms with Gasteiger partial charge in [-0.1, -0.05) is 44.2 Å². The largest absolute Gasteiger partial charge is 0.312 e. The van der Waals surface area contributed by atoms with E-state index >= 15 is 0 Å². The van der Waals surface area contributed by atoms with Crippen molar-refractivity contribution in [1.29, 1.82) is 5.26 Å². The van der Waals surface area contributed by atoms with E-state index in [-0.39, 0.29) is 11.2 Å². The van der Waals surface area contributed by atoms with Gasteiger partial charge in [0.1, 0.15) is 5.82 Å². The van der Waals surface area contributed by atoms with Crippen LogP contribution in [0.3, 0.4) is 0 Å². The Morgan fingerprint density at radius 2 is 1.90 bits per heavy atom. The van der Waals surface area contributed by atoms with Gasteiger partial charge in [0.2, 0.25) is 0 Å². The Kier molecular flexibility index (Phi) is 4.72. The summed E-state index contributed by atoms with van der Waals surface area (Å²) >= 11 is 0. The van der Waals surface area contributed by atoms with Crippen molar-refractivity contribution in [3.8, 4) is 6.07 Å². The summed E-state index contributed by atoms with van der Waals surface area (Å²) in [6.45, 7) is 5.35. The van der Waals surface area contributed by atoms with E-state index in [1.54, 1.807) is 12.1 Å². The Morgan fingerprint density at radius 3 is 2.62 bits per heavy atom. The number of hydrogen-bond donors (Lipinski definition) is 1. The average Bonchev–Trinajstić information content (AvgIpc) is 2.47. The highest BCUT2D eigenvalue weighted by Crippen LogP contribution is 2.24. The van der Waals surface area contributed by atoms with Crippen LogP contribution in [0.1, 0.15) is 30.5 Å². The Labute approximate surface area is 125 Å². The predicted octanol–water partition coefficient (Wildman–Crippen LogP) is 3.76. The zero-order chi connectivity index (χ0) is 15.3. The standard InChI is InChI=1S/C18H19FN2/c1-18(2,16-8-3-4-9-17(16)19)13-21-12-15-7-5-6-14(10-15)11-20/h3-10,21H,12-13H2,1-2H3. The normalized spacial score (nSPS) is 11.1.